The SMILES string of the molecule is COc1ccc(CN)c(N(Cc2ccco2)C2CC2)c1. The van der Waals surface area contributed by atoms with Crippen LogP contribution in [-0.4, -0.2) is 13.2 Å². The van der Waals surface area contributed by atoms with Gasteiger partial charge >= 0.3 is 0 Å². The van der Waals surface area contributed by atoms with E-state index in [1.165, 1.54) is 12.8 Å². The maximum Gasteiger partial charge on any atom is 0.123 e. The van der Waals surface area contributed by atoms with Gasteiger partial charge in [0.2, 0.25) is 0 Å². The number of ether oxygens (including phenoxy) is 1. The minimum Gasteiger partial charge on any atom is -0.497 e. The van der Waals surface area contributed by atoms with E-state index in [4.69, 9.17) is 14.9 Å². The molecule has 1 aliphatic rings. The number of furan rings is 1. The third-order valence-electron chi connectivity index (χ3n) is 3.72. The smallest absolute Gasteiger partial charge is 0.123 e. The van der Waals surface area contributed by atoms with E-state index in [1.807, 2.05) is 24.3 Å². The lowest BCUT2D eigenvalue weighted by atomic mass is 10.1. The molecule has 0 amide bonds. The predicted octanol–water partition coefficient (Wildman–Crippen LogP) is 2.92. The second-order valence-electron chi connectivity index (χ2n) is 5.14. The Balaban J connectivity index is 1.93. The fourth-order valence-electron chi connectivity index (χ4n) is 2.48. The van der Waals surface area contributed by atoms with E-state index < -0.39 is 0 Å². The van der Waals surface area contributed by atoms with Crippen LogP contribution >= 0.6 is 0 Å². The Hall–Kier alpha value is -1.94. The summed E-state index contributed by atoms with van der Waals surface area (Å²) in [6.45, 7) is 1.30. The van der Waals surface area contributed by atoms with Crippen molar-refractivity contribution < 1.29 is 9.15 Å². The van der Waals surface area contributed by atoms with Crippen LogP contribution in [0.15, 0.2) is 41.0 Å². The van der Waals surface area contributed by atoms with E-state index >= 15 is 0 Å². The molecule has 1 aromatic heterocycles. The fourth-order valence-corrected chi connectivity index (χ4v) is 2.48. The Morgan fingerprint density at radius 3 is 2.80 bits per heavy atom. The summed E-state index contributed by atoms with van der Waals surface area (Å²) in [4.78, 5) is 2.38. The van der Waals surface area contributed by atoms with Crippen LogP contribution in [-0.2, 0) is 13.1 Å². The average molecular weight is 272 g/mol. The molecule has 0 saturated heterocycles. The van der Waals surface area contributed by atoms with Gasteiger partial charge in [0, 0.05) is 24.3 Å². The molecule has 2 N–H and O–H groups in total. The zero-order valence-electron chi connectivity index (χ0n) is 11.7. The van der Waals surface area contributed by atoms with Gasteiger partial charge in [0.05, 0.1) is 19.9 Å². The number of anilines is 1. The largest absolute Gasteiger partial charge is 0.497 e. The first-order chi connectivity index (χ1) is 9.81. The summed E-state index contributed by atoms with van der Waals surface area (Å²) in [5.41, 5.74) is 8.18. The lowest BCUT2D eigenvalue weighted by Crippen LogP contribution is -2.26. The minimum atomic E-state index is 0.528. The molecule has 4 nitrogen and oxygen atoms in total. The molecule has 0 spiro atoms. The molecule has 0 radical (unpaired) electrons. The Kier molecular flexibility index (Phi) is 3.65. The van der Waals surface area contributed by atoms with Crippen LogP contribution in [0.5, 0.6) is 5.75 Å². The molecule has 1 fully saturated rings. The second kappa shape index (κ2) is 5.59. The lowest BCUT2D eigenvalue weighted by molar-refractivity contribution is 0.414. The highest BCUT2D eigenvalue weighted by Gasteiger charge is 2.31. The zero-order chi connectivity index (χ0) is 13.9. The standard InChI is InChI=1S/C16H20N2O2/c1-19-14-7-4-12(10-17)16(9-14)18(13-5-6-13)11-15-3-2-8-20-15/h2-4,7-9,13H,5-6,10-11,17H2,1H3. The first-order valence-electron chi connectivity index (χ1n) is 6.98. The van der Waals surface area contributed by atoms with Crippen molar-refractivity contribution in [2.24, 2.45) is 5.73 Å². The summed E-state index contributed by atoms with van der Waals surface area (Å²) in [7, 11) is 1.69. The first kappa shape index (κ1) is 13.1. The third kappa shape index (κ3) is 2.65. The monoisotopic (exact) mass is 272 g/mol. The Labute approximate surface area is 119 Å². The molecule has 1 aromatic carbocycles. The highest BCUT2D eigenvalue weighted by Crippen LogP contribution is 2.36. The van der Waals surface area contributed by atoms with Gasteiger partial charge in [0.15, 0.2) is 0 Å². The highest BCUT2D eigenvalue weighted by molar-refractivity contribution is 5.58. The molecule has 0 aliphatic heterocycles. The van der Waals surface area contributed by atoms with Crippen LogP contribution < -0.4 is 15.4 Å². The van der Waals surface area contributed by atoms with Crippen molar-refractivity contribution >= 4 is 5.69 Å². The molecule has 0 bridgehead atoms. The maximum atomic E-state index is 5.88. The molecule has 3 rings (SSSR count). The Bertz CT molecular complexity index is 562. The van der Waals surface area contributed by atoms with Crippen LogP contribution in [0.2, 0.25) is 0 Å². The summed E-state index contributed by atoms with van der Waals surface area (Å²) in [6, 6.07) is 10.6. The first-order valence-corrected chi connectivity index (χ1v) is 6.98. The van der Waals surface area contributed by atoms with Crippen molar-refractivity contribution in [2.45, 2.75) is 32.0 Å². The summed E-state index contributed by atoms with van der Waals surface area (Å²) >= 11 is 0. The van der Waals surface area contributed by atoms with Crippen LogP contribution in [0.3, 0.4) is 0 Å². The van der Waals surface area contributed by atoms with Crippen molar-refractivity contribution in [2.75, 3.05) is 12.0 Å². The molecular formula is C16H20N2O2. The van der Waals surface area contributed by atoms with Crippen LogP contribution in [0.25, 0.3) is 0 Å². The van der Waals surface area contributed by atoms with Crippen molar-refractivity contribution in [3.05, 3.63) is 47.9 Å². The van der Waals surface area contributed by atoms with Gasteiger partial charge in [-0.25, -0.2) is 0 Å². The number of hydrogen-bond acceptors (Lipinski definition) is 4. The lowest BCUT2D eigenvalue weighted by Gasteiger charge is -2.26. The van der Waals surface area contributed by atoms with Crippen LogP contribution in [0, 0.1) is 0 Å². The van der Waals surface area contributed by atoms with Crippen LogP contribution in [0.4, 0.5) is 5.69 Å². The summed E-state index contributed by atoms with van der Waals surface area (Å²) < 4.78 is 10.8. The van der Waals surface area contributed by atoms with Crippen LogP contribution in [0.1, 0.15) is 24.2 Å². The van der Waals surface area contributed by atoms with Gasteiger partial charge in [-0.1, -0.05) is 6.07 Å². The van der Waals surface area contributed by atoms with Crippen molar-refractivity contribution in [1.82, 2.24) is 0 Å². The number of methoxy groups -OCH3 is 1. The molecular weight excluding hydrogens is 252 g/mol. The van der Waals surface area contributed by atoms with Crippen molar-refractivity contribution in [3.63, 3.8) is 0 Å². The number of nitrogens with two attached hydrogens (primary N) is 1. The molecule has 4 heteroatoms. The van der Waals surface area contributed by atoms with Gasteiger partial charge in [-0.15, -0.1) is 0 Å². The van der Waals surface area contributed by atoms with Crippen molar-refractivity contribution in [3.8, 4) is 5.75 Å². The molecule has 1 aliphatic carbocycles. The average Bonchev–Trinajstić information content (AvgIpc) is 3.20. The normalized spacial score (nSPS) is 14.3. The van der Waals surface area contributed by atoms with E-state index in [0.717, 1.165) is 29.3 Å². The Morgan fingerprint density at radius 1 is 1.35 bits per heavy atom. The van der Waals surface area contributed by atoms with E-state index in [9.17, 15) is 0 Å². The molecule has 1 heterocycles. The van der Waals surface area contributed by atoms with Crippen molar-refractivity contribution in [1.29, 1.82) is 0 Å². The van der Waals surface area contributed by atoms with Gasteiger partial charge in [-0.3, -0.25) is 0 Å². The number of hydrogen-bond donors (Lipinski definition) is 1. The van der Waals surface area contributed by atoms with Gasteiger partial charge in [0.1, 0.15) is 11.5 Å². The van der Waals surface area contributed by atoms with Gasteiger partial charge in [0.25, 0.3) is 0 Å². The van der Waals surface area contributed by atoms with Gasteiger partial charge in [-0.05, 0) is 36.6 Å². The number of rotatable bonds is 6. The fraction of sp³-hybridized carbons (Fsp3) is 0.375. The highest BCUT2D eigenvalue weighted by atomic mass is 16.5. The molecule has 106 valence electrons. The molecule has 0 atom stereocenters. The van der Waals surface area contributed by atoms with E-state index in [1.54, 1.807) is 13.4 Å². The van der Waals surface area contributed by atoms with E-state index in [0.29, 0.717) is 12.6 Å². The quantitative estimate of drug-likeness (QED) is 0.878. The molecule has 2 aromatic rings. The topological polar surface area (TPSA) is 51.6 Å². The third-order valence-corrected chi connectivity index (χ3v) is 3.72. The zero-order valence-corrected chi connectivity index (χ0v) is 11.7. The van der Waals surface area contributed by atoms with Gasteiger partial charge < -0.3 is 19.8 Å². The minimum absolute atomic E-state index is 0.528. The summed E-state index contributed by atoms with van der Waals surface area (Å²) in [5, 5.41) is 0. The molecule has 0 unspecified atom stereocenters. The number of benzene rings is 1. The molecule has 1 saturated carbocycles. The predicted molar refractivity (Wildman–Crippen MR) is 78.8 cm³/mol. The van der Waals surface area contributed by atoms with Gasteiger partial charge in [-0.2, -0.15) is 0 Å². The summed E-state index contributed by atoms with van der Waals surface area (Å²) in [5.74, 6) is 1.84. The maximum absolute atomic E-state index is 5.88. The summed E-state index contributed by atoms with van der Waals surface area (Å²) in [6.07, 6.45) is 4.17. The van der Waals surface area contributed by atoms with E-state index in [-0.39, 0.29) is 0 Å². The Morgan fingerprint density at radius 2 is 2.20 bits per heavy atom. The van der Waals surface area contributed by atoms with E-state index in [2.05, 4.69) is 11.0 Å². The second-order valence-corrected chi connectivity index (χ2v) is 5.14. The molecule has 20 heavy (non-hydrogen) atoms. The number of nitrogens with zero attached hydrogens (tertiary/aromatic N) is 1.